The third-order valence-corrected chi connectivity index (χ3v) is 3.30. The van der Waals surface area contributed by atoms with Gasteiger partial charge >= 0.3 is 0 Å². The third-order valence-electron chi connectivity index (χ3n) is 3.30. The molecule has 0 radical (unpaired) electrons. The lowest BCUT2D eigenvalue weighted by Gasteiger charge is -2.21. The number of furan rings is 2. The normalized spacial score (nSPS) is 13.9. The zero-order chi connectivity index (χ0) is 15.5. The summed E-state index contributed by atoms with van der Waals surface area (Å²) in [6, 6.07) is 7.24. The van der Waals surface area contributed by atoms with E-state index < -0.39 is 5.60 Å². The maximum Gasteiger partial charge on any atom is 0.220 e. The monoisotopic (exact) mass is 291 g/mol. The largest absolute Gasteiger partial charge is 0.466 e. The molecule has 5 heteroatoms. The number of carbonyl (C=O) groups is 1. The van der Waals surface area contributed by atoms with E-state index in [9.17, 15) is 9.90 Å². The van der Waals surface area contributed by atoms with E-state index in [0.29, 0.717) is 18.6 Å². The number of aryl methyl sites for hydroxylation is 3. The molecule has 1 amide bonds. The minimum Gasteiger partial charge on any atom is -0.466 e. The van der Waals surface area contributed by atoms with Crippen LogP contribution in [0, 0.1) is 13.8 Å². The van der Waals surface area contributed by atoms with Gasteiger partial charge in [-0.05, 0) is 45.0 Å². The Morgan fingerprint density at radius 2 is 1.86 bits per heavy atom. The molecule has 0 spiro atoms. The van der Waals surface area contributed by atoms with Crippen LogP contribution in [0.2, 0.25) is 0 Å². The molecule has 0 aliphatic carbocycles. The zero-order valence-electron chi connectivity index (χ0n) is 12.6. The van der Waals surface area contributed by atoms with Gasteiger partial charge < -0.3 is 19.3 Å². The highest BCUT2D eigenvalue weighted by Crippen LogP contribution is 2.21. The van der Waals surface area contributed by atoms with E-state index in [2.05, 4.69) is 5.32 Å². The Labute approximate surface area is 124 Å². The van der Waals surface area contributed by atoms with Crippen molar-refractivity contribution >= 4 is 5.91 Å². The van der Waals surface area contributed by atoms with E-state index in [-0.39, 0.29) is 12.5 Å². The molecule has 0 aliphatic heterocycles. The maximum absolute atomic E-state index is 11.8. The van der Waals surface area contributed by atoms with Crippen LogP contribution in [0.4, 0.5) is 0 Å². The molecule has 114 valence electrons. The van der Waals surface area contributed by atoms with Crippen LogP contribution in [-0.4, -0.2) is 17.6 Å². The van der Waals surface area contributed by atoms with Gasteiger partial charge in [0.1, 0.15) is 28.6 Å². The molecule has 5 nitrogen and oxygen atoms in total. The summed E-state index contributed by atoms with van der Waals surface area (Å²) >= 11 is 0. The molecule has 2 rings (SSSR count). The van der Waals surface area contributed by atoms with Gasteiger partial charge in [-0.3, -0.25) is 4.79 Å². The van der Waals surface area contributed by atoms with Crippen LogP contribution in [-0.2, 0) is 16.8 Å². The molecule has 2 aromatic heterocycles. The number of hydrogen-bond donors (Lipinski definition) is 2. The number of aliphatic hydroxyl groups is 1. The topological polar surface area (TPSA) is 75.6 Å². The highest BCUT2D eigenvalue weighted by Gasteiger charge is 2.27. The second-order valence-corrected chi connectivity index (χ2v) is 5.47. The van der Waals surface area contributed by atoms with E-state index in [1.165, 1.54) is 0 Å². The molecule has 0 bridgehead atoms. The van der Waals surface area contributed by atoms with Crippen LogP contribution >= 0.6 is 0 Å². The summed E-state index contributed by atoms with van der Waals surface area (Å²) in [5.74, 6) is 2.66. The van der Waals surface area contributed by atoms with Gasteiger partial charge in [-0.15, -0.1) is 0 Å². The first-order chi connectivity index (χ1) is 9.87. The summed E-state index contributed by atoms with van der Waals surface area (Å²) in [6.45, 7) is 5.40. The Morgan fingerprint density at radius 3 is 2.43 bits per heavy atom. The van der Waals surface area contributed by atoms with Crippen molar-refractivity contribution in [3.8, 4) is 0 Å². The molecule has 21 heavy (non-hydrogen) atoms. The first-order valence-electron chi connectivity index (χ1n) is 6.98. The molecular formula is C16H21NO4. The van der Waals surface area contributed by atoms with Gasteiger partial charge in [0.15, 0.2) is 0 Å². The van der Waals surface area contributed by atoms with Crippen LogP contribution in [0.15, 0.2) is 33.1 Å². The van der Waals surface area contributed by atoms with Crippen molar-refractivity contribution in [2.24, 2.45) is 0 Å². The minimum atomic E-state index is -1.22. The van der Waals surface area contributed by atoms with Gasteiger partial charge in [0.05, 0.1) is 6.54 Å². The Hall–Kier alpha value is -2.01. The van der Waals surface area contributed by atoms with Gasteiger partial charge in [0.2, 0.25) is 5.91 Å². The first kappa shape index (κ1) is 15.4. The average molecular weight is 291 g/mol. The summed E-state index contributed by atoms with van der Waals surface area (Å²) in [5, 5.41) is 13.0. The van der Waals surface area contributed by atoms with Crippen LogP contribution in [0.5, 0.6) is 0 Å². The average Bonchev–Trinajstić information content (AvgIpc) is 3.03. The van der Waals surface area contributed by atoms with Gasteiger partial charge in [-0.2, -0.15) is 0 Å². The van der Waals surface area contributed by atoms with Crippen molar-refractivity contribution < 1.29 is 18.7 Å². The summed E-state index contributed by atoms with van der Waals surface area (Å²) in [4.78, 5) is 11.8. The number of hydrogen-bond acceptors (Lipinski definition) is 4. The van der Waals surface area contributed by atoms with Crippen LogP contribution < -0.4 is 5.32 Å². The molecule has 0 fully saturated rings. The van der Waals surface area contributed by atoms with Gasteiger partial charge in [0.25, 0.3) is 0 Å². The molecule has 0 aromatic carbocycles. The lowest BCUT2D eigenvalue weighted by molar-refractivity contribution is -0.122. The van der Waals surface area contributed by atoms with Crippen LogP contribution in [0.25, 0.3) is 0 Å². The molecule has 1 unspecified atom stereocenters. The van der Waals surface area contributed by atoms with E-state index in [4.69, 9.17) is 8.83 Å². The molecule has 1 atom stereocenters. The molecule has 2 heterocycles. The van der Waals surface area contributed by atoms with Crippen LogP contribution in [0.3, 0.4) is 0 Å². The van der Waals surface area contributed by atoms with Crippen molar-refractivity contribution in [1.82, 2.24) is 5.32 Å². The molecule has 2 aromatic rings. The lowest BCUT2D eigenvalue weighted by Crippen LogP contribution is -2.38. The number of nitrogens with one attached hydrogen (secondary N) is 1. The Bertz CT molecular complexity index is 609. The van der Waals surface area contributed by atoms with E-state index >= 15 is 0 Å². The van der Waals surface area contributed by atoms with Crippen LogP contribution in [0.1, 0.15) is 36.4 Å². The fourth-order valence-electron chi connectivity index (χ4n) is 2.03. The highest BCUT2D eigenvalue weighted by atomic mass is 16.4. The SMILES string of the molecule is Cc1ccc(CCC(=O)NCC(C)(O)c2ccc(C)o2)o1. The molecular weight excluding hydrogens is 270 g/mol. The molecule has 0 saturated carbocycles. The second-order valence-electron chi connectivity index (χ2n) is 5.47. The smallest absolute Gasteiger partial charge is 0.220 e. The van der Waals surface area contributed by atoms with E-state index in [1.54, 1.807) is 19.1 Å². The summed E-state index contributed by atoms with van der Waals surface area (Å²) in [5.41, 5.74) is -1.22. The molecule has 0 aliphatic rings. The van der Waals surface area contributed by atoms with Gasteiger partial charge in [-0.1, -0.05) is 0 Å². The summed E-state index contributed by atoms with van der Waals surface area (Å²) in [6.07, 6.45) is 0.863. The Kier molecular flexibility index (Phi) is 4.53. The summed E-state index contributed by atoms with van der Waals surface area (Å²) in [7, 11) is 0. The highest BCUT2D eigenvalue weighted by molar-refractivity contribution is 5.76. The van der Waals surface area contributed by atoms with Crippen molar-refractivity contribution in [3.05, 3.63) is 47.3 Å². The van der Waals surface area contributed by atoms with E-state index in [1.807, 2.05) is 26.0 Å². The van der Waals surface area contributed by atoms with Crippen molar-refractivity contribution in [2.45, 2.75) is 39.2 Å². The quantitative estimate of drug-likeness (QED) is 0.857. The van der Waals surface area contributed by atoms with Gasteiger partial charge in [0, 0.05) is 12.8 Å². The lowest BCUT2D eigenvalue weighted by atomic mass is 10.0. The summed E-state index contributed by atoms with van der Waals surface area (Å²) < 4.78 is 10.8. The van der Waals surface area contributed by atoms with E-state index in [0.717, 1.165) is 17.3 Å². The van der Waals surface area contributed by atoms with Crippen molar-refractivity contribution in [3.63, 3.8) is 0 Å². The second kappa shape index (κ2) is 6.18. The zero-order valence-corrected chi connectivity index (χ0v) is 12.6. The number of amides is 1. The van der Waals surface area contributed by atoms with Gasteiger partial charge in [-0.25, -0.2) is 0 Å². The van der Waals surface area contributed by atoms with Crippen molar-refractivity contribution in [2.75, 3.05) is 6.54 Å². The van der Waals surface area contributed by atoms with Crippen molar-refractivity contribution in [1.29, 1.82) is 0 Å². The fourth-order valence-corrected chi connectivity index (χ4v) is 2.03. The maximum atomic E-state index is 11.8. The number of rotatable bonds is 6. The predicted octanol–water partition coefficient (Wildman–Crippen LogP) is 2.45. The Morgan fingerprint density at radius 1 is 1.19 bits per heavy atom. The first-order valence-corrected chi connectivity index (χ1v) is 6.98. The number of carbonyl (C=O) groups excluding carboxylic acids is 1. The Balaban J connectivity index is 1.80. The third kappa shape index (κ3) is 4.23. The molecule has 0 saturated heterocycles. The fraction of sp³-hybridized carbons (Fsp3) is 0.438. The predicted molar refractivity (Wildman–Crippen MR) is 77.8 cm³/mol. The standard InChI is InChI=1S/C16H21NO4/c1-11-4-6-13(20-11)7-9-15(18)17-10-16(3,19)14-8-5-12(2)21-14/h4-6,8,19H,7,9-10H2,1-3H3,(H,17,18). The minimum absolute atomic E-state index is 0.107. The molecule has 2 N–H and O–H groups in total.